The molecule has 0 unspecified atom stereocenters. The highest BCUT2D eigenvalue weighted by atomic mass is 32.2. The molecule has 0 fully saturated rings. The number of hydrogen-bond donors (Lipinski definition) is 0. The van der Waals surface area contributed by atoms with Crippen LogP contribution in [0.1, 0.15) is 37.5 Å². The summed E-state index contributed by atoms with van der Waals surface area (Å²) in [5, 5.41) is 0. The summed E-state index contributed by atoms with van der Waals surface area (Å²) >= 11 is 0. The molecule has 0 bridgehead atoms. The maximum absolute atomic E-state index is 12.4. The average molecular weight is 385 g/mol. The molecule has 0 amide bonds. The van der Waals surface area contributed by atoms with Crippen LogP contribution in [0, 0.1) is 6.92 Å². The molecule has 0 aliphatic rings. The fourth-order valence-electron chi connectivity index (χ4n) is 2.17. The van der Waals surface area contributed by atoms with Crippen LogP contribution in [0.5, 0.6) is 0 Å². The summed E-state index contributed by atoms with van der Waals surface area (Å²) < 4.78 is 33.7. The zero-order chi connectivity index (χ0) is 20.1. The number of hydrogen-bond acceptors (Lipinski definition) is 4. The number of aryl methyl sites for hydroxylation is 1. The lowest BCUT2D eigenvalue weighted by Crippen LogP contribution is -2.22. The van der Waals surface area contributed by atoms with Crippen molar-refractivity contribution in [2.45, 2.75) is 38.2 Å². The highest BCUT2D eigenvalue weighted by Gasteiger charge is 2.14. The first-order valence-corrected chi connectivity index (χ1v) is 9.88. The molecule has 2 rings (SSSR count). The van der Waals surface area contributed by atoms with E-state index >= 15 is 0 Å². The highest BCUT2D eigenvalue weighted by molar-refractivity contribution is 7.90. The maximum Gasteiger partial charge on any atom is 0.331 e. The Kier molecular flexibility index (Phi) is 6.33. The summed E-state index contributed by atoms with van der Waals surface area (Å²) in [6.07, 6.45) is 4.17. The molecule has 0 aliphatic carbocycles. The SMILES string of the molecule is Cc1ccc(S(=O)(=O)/N=C/c2ccccc2/C=C/C(=O)OC(C)(C)C)cc1. The van der Waals surface area contributed by atoms with Gasteiger partial charge in [0.1, 0.15) is 5.60 Å². The second-order valence-corrected chi connectivity index (χ2v) is 8.65. The van der Waals surface area contributed by atoms with Crippen molar-refractivity contribution in [1.82, 2.24) is 0 Å². The Balaban J connectivity index is 2.24. The van der Waals surface area contributed by atoms with Crippen LogP contribution in [0.25, 0.3) is 6.08 Å². The molecule has 5 nitrogen and oxygen atoms in total. The molecule has 0 aromatic heterocycles. The molecular weight excluding hydrogens is 362 g/mol. The fourth-order valence-corrected chi connectivity index (χ4v) is 3.03. The number of nitrogens with zero attached hydrogens (tertiary/aromatic N) is 1. The fraction of sp³-hybridized carbons (Fsp3) is 0.238. The maximum atomic E-state index is 12.4. The summed E-state index contributed by atoms with van der Waals surface area (Å²) in [6.45, 7) is 7.24. The molecule has 142 valence electrons. The van der Waals surface area contributed by atoms with Gasteiger partial charge in [-0.1, -0.05) is 42.0 Å². The predicted molar refractivity (Wildman–Crippen MR) is 107 cm³/mol. The second-order valence-electron chi connectivity index (χ2n) is 7.02. The van der Waals surface area contributed by atoms with E-state index in [0.29, 0.717) is 11.1 Å². The molecule has 0 saturated carbocycles. The van der Waals surface area contributed by atoms with Crippen molar-refractivity contribution in [3.63, 3.8) is 0 Å². The van der Waals surface area contributed by atoms with Gasteiger partial charge >= 0.3 is 5.97 Å². The Morgan fingerprint density at radius 2 is 1.59 bits per heavy atom. The van der Waals surface area contributed by atoms with Crippen LogP contribution in [0.4, 0.5) is 0 Å². The van der Waals surface area contributed by atoms with Crippen LogP contribution in [-0.2, 0) is 19.6 Å². The van der Waals surface area contributed by atoms with Gasteiger partial charge in [-0.05, 0) is 51.5 Å². The summed E-state index contributed by atoms with van der Waals surface area (Å²) in [5.74, 6) is -0.471. The third-order valence-electron chi connectivity index (χ3n) is 3.45. The van der Waals surface area contributed by atoms with Gasteiger partial charge in [-0.15, -0.1) is 0 Å². The lowest BCUT2D eigenvalue weighted by Gasteiger charge is -2.17. The summed E-state index contributed by atoms with van der Waals surface area (Å²) in [4.78, 5) is 12.0. The average Bonchev–Trinajstić information content (AvgIpc) is 2.58. The van der Waals surface area contributed by atoms with Gasteiger partial charge in [0.15, 0.2) is 0 Å². The van der Waals surface area contributed by atoms with Gasteiger partial charge in [0, 0.05) is 17.9 Å². The summed E-state index contributed by atoms with van der Waals surface area (Å²) in [6, 6.07) is 13.5. The first kappa shape index (κ1) is 20.6. The number of sulfonamides is 1. The van der Waals surface area contributed by atoms with E-state index < -0.39 is 21.6 Å². The van der Waals surface area contributed by atoms with Crippen LogP contribution in [-0.4, -0.2) is 26.2 Å². The third kappa shape index (κ3) is 6.49. The summed E-state index contributed by atoms with van der Waals surface area (Å²) in [7, 11) is -3.79. The van der Waals surface area contributed by atoms with Gasteiger partial charge in [-0.25, -0.2) is 4.79 Å². The van der Waals surface area contributed by atoms with E-state index in [1.54, 1.807) is 63.2 Å². The van der Waals surface area contributed by atoms with E-state index in [-0.39, 0.29) is 4.90 Å². The van der Waals surface area contributed by atoms with Crippen molar-refractivity contribution in [3.8, 4) is 0 Å². The van der Waals surface area contributed by atoms with Crippen molar-refractivity contribution in [2.24, 2.45) is 4.40 Å². The van der Waals surface area contributed by atoms with Gasteiger partial charge in [-0.3, -0.25) is 0 Å². The molecule has 2 aromatic carbocycles. The van der Waals surface area contributed by atoms with Crippen LogP contribution in [0.3, 0.4) is 0 Å². The van der Waals surface area contributed by atoms with Crippen LogP contribution in [0.15, 0.2) is 63.9 Å². The molecule has 0 radical (unpaired) electrons. The van der Waals surface area contributed by atoms with E-state index in [1.165, 1.54) is 24.4 Å². The minimum atomic E-state index is -3.79. The minimum Gasteiger partial charge on any atom is -0.457 e. The van der Waals surface area contributed by atoms with Gasteiger partial charge < -0.3 is 4.74 Å². The van der Waals surface area contributed by atoms with Crippen molar-refractivity contribution >= 4 is 28.3 Å². The molecule has 0 N–H and O–H groups in total. The van der Waals surface area contributed by atoms with E-state index in [0.717, 1.165) is 5.56 Å². The molecule has 0 saturated heterocycles. The van der Waals surface area contributed by atoms with Gasteiger partial charge in [0.2, 0.25) is 0 Å². The minimum absolute atomic E-state index is 0.131. The second kappa shape index (κ2) is 8.31. The molecule has 0 heterocycles. The number of rotatable bonds is 5. The molecule has 27 heavy (non-hydrogen) atoms. The van der Waals surface area contributed by atoms with Crippen LogP contribution in [0.2, 0.25) is 0 Å². The third-order valence-corrected chi connectivity index (χ3v) is 4.70. The molecular formula is C21H23NO4S. The monoisotopic (exact) mass is 385 g/mol. The Bertz CT molecular complexity index is 966. The van der Waals surface area contributed by atoms with Crippen LogP contribution >= 0.6 is 0 Å². The first-order chi connectivity index (χ1) is 12.6. The van der Waals surface area contributed by atoms with Crippen molar-refractivity contribution < 1.29 is 17.9 Å². The van der Waals surface area contributed by atoms with E-state index in [9.17, 15) is 13.2 Å². The summed E-state index contributed by atoms with van der Waals surface area (Å²) in [5.41, 5.74) is 1.62. The van der Waals surface area contributed by atoms with Crippen LogP contribution < -0.4 is 0 Å². The Labute approximate surface area is 160 Å². The largest absolute Gasteiger partial charge is 0.457 e. The Hall–Kier alpha value is -2.73. The standard InChI is InChI=1S/C21H23NO4S/c1-16-9-12-19(13-10-16)27(24,25)22-15-18-8-6-5-7-17(18)11-14-20(23)26-21(2,3)4/h5-15H,1-4H3/b14-11+,22-15+. The van der Waals surface area contributed by atoms with Crippen molar-refractivity contribution in [3.05, 3.63) is 71.3 Å². The Morgan fingerprint density at radius 3 is 2.19 bits per heavy atom. The predicted octanol–water partition coefficient (Wildman–Crippen LogP) is 4.16. The number of ether oxygens (including phenoxy) is 1. The number of carbonyl (C=O) groups is 1. The molecule has 0 atom stereocenters. The molecule has 2 aromatic rings. The number of benzene rings is 2. The lowest BCUT2D eigenvalue weighted by molar-refractivity contribution is -0.148. The van der Waals surface area contributed by atoms with Crippen molar-refractivity contribution in [1.29, 1.82) is 0 Å². The quantitative estimate of drug-likeness (QED) is 0.440. The zero-order valence-electron chi connectivity index (χ0n) is 15.8. The highest BCUT2D eigenvalue weighted by Crippen LogP contribution is 2.15. The Morgan fingerprint density at radius 1 is 1.00 bits per heavy atom. The van der Waals surface area contributed by atoms with Gasteiger partial charge in [0.25, 0.3) is 10.0 Å². The number of esters is 1. The first-order valence-electron chi connectivity index (χ1n) is 8.44. The van der Waals surface area contributed by atoms with Crippen molar-refractivity contribution in [2.75, 3.05) is 0 Å². The normalized spacial score (nSPS) is 12.6. The smallest absolute Gasteiger partial charge is 0.331 e. The van der Waals surface area contributed by atoms with E-state index in [1.807, 2.05) is 6.92 Å². The molecule has 0 aliphatic heterocycles. The van der Waals surface area contributed by atoms with E-state index in [4.69, 9.17) is 4.74 Å². The lowest BCUT2D eigenvalue weighted by atomic mass is 10.1. The van der Waals surface area contributed by atoms with E-state index in [2.05, 4.69) is 4.40 Å². The topological polar surface area (TPSA) is 72.8 Å². The number of carbonyl (C=O) groups excluding carboxylic acids is 1. The molecule has 6 heteroatoms. The zero-order valence-corrected chi connectivity index (χ0v) is 16.7. The van der Waals surface area contributed by atoms with Gasteiger partial charge in [0.05, 0.1) is 4.90 Å². The molecule has 0 spiro atoms. The van der Waals surface area contributed by atoms with Gasteiger partial charge in [-0.2, -0.15) is 12.8 Å².